The van der Waals surface area contributed by atoms with E-state index in [4.69, 9.17) is 4.74 Å². The Kier molecular flexibility index (Phi) is 51.9. The molecule has 0 fully saturated rings. The fourth-order valence-electron chi connectivity index (χ4n) is 9.10. The van der Waals surface area contributed by atoms with Crippen LogP contribution in [0.2, 0.25) is 0 Å². The van der Waals surface area contributed by atoms with Crippen molar-refractivity contribution in [1.29, 1.82) is 0 Å². The Hall–Kier alpha value is -1.66. The van der Waals surface area contributed by atoms with Gasteiger partial charge >= 0.3 is 5.97 Å². The predicted octanol–water partition coefficient (Wildman–Crippen LogP) is 17.9. The van der Waals surface area contributed by atoms with E-state index in [1.807, 2.05) is 12.2 Å². The van der Waals surface area contributed by atoms with E-state index in [9.17, 15) is 19.8 Å². The van der Waals surface area contributed by atoms with Crippen molar-refractivity contribution in [2.45, 2.75) is 334 Å². The highest BCUT2D eigenvalue weighted by atomic mass is 16.5. The number of carbonyl (C=O) groups is 2. The summed E-state index contributed by atoms with van der Waals surface area (Å²) in [7, 11) is 0. The highest BCUT2D eigenvalue weighted by Crippen LogP contribution is 2.18. The normalized spacial score (nSPS) is 13.2. The van der Waals surface area contributed by atoms with Gasteiger partial charge in [0.05, 0.1) is 25.2 Å². The third-order valence-corrected chi connectivity index (χ3v) is 13.5. The molecule has 0 bridgehead atoms. The van der Waals surface area contributed by atoms with E-state index in [0.717, 1.165) is 51.4 Å². The van der Waals surface area contributed by atoms with Crippen LogP contribution in [0.15, 0.2) is 24.3 Å². The third kappa shape index (κ3) is 48.6. The summed E-state index contributed by atoms with van der Waals surface area (Å²) in [5.74, 6) is -0.583. The van der Waals surface area contributed by atoms with Gasteiger partial charge in [-0.1, -0.05) is 289 Å². The molecule has 3 atom stereocenters. The number of aliphatic hydroxyl groups is 2. The lowest BCUT2D eigenvalue weighted by atomic mass is 10.0. The highest BCUT2D eigenvalue weighted by molar-refractivity contribution is 5.78. The lowest BCUT2D eigenvalue weighted by Crippen LogP contribution is -2.46. The zero-order valence-electron chi connectivity index (χ0n) is 43.9. The minimum atomic E-state index is -0.807. The maximum Gasteiger partial charge on any atom is 0.306 e. The van der Waals surface area contributed by atoms with Gasteiger partial charge in [0.15, 0.2) is 0 Å². The molecule has 0 aromatic rings. The van der Waals surface area contributed by atoms with Crippen molar-refractivity contribution < 1.29 is 24.5 Å². The molecule has 1 amide bonds. The molecule has 0 aromatic heterocycles. The van der Waals surface area contributed by atoms with Gasteiger partial charge in [0.2, 0.25) is 5.91 Å². The summed E-state index contributed by atoms with van der Waals surface area (Å²) in [5.41, 5.74) is 0. The third-order valence-electron chi connectivity index (χ3n) is 13.5. The molecular weight excluding hydrogens is 803 g/mol. The second kappa shape index (κ2) is 53.3. The maximum atomic E-state index is 13.2. The van der Waals surface area contributed by atoms with E-state index in [-0.39, 0.29) is 24.9 Å². The van der Waals surface area contributed by atoms with E-state index in [1.54, 1.807) is 0 Å². The average molecular weight is 917 g/mol. The summed E-state index contributed by atoms with van der Waals surface area (Å²) in [5, 5.41) is 23.8. The van der Waals surface area contributed by atoms with Gasteiger partial charge in [0.1, 0.15) is 6.10 Å². The van der Waals surface area contributed by atoms with E-state index in [1.165, 1.54) is 225 Å². The minimum absolute atomic E-state index is 0.0226. The van der Waals surface area contributed by atoms with Gasteiger partial charge in [-0.2, -0.15) is 0 Å². The summed E-state index contributed by atoms with van der Waals surface area (Å²) in [4.78, 5) is 26.2. The van der Waals surface area contributed by atoms with Crippen LogP contribution >= 0.6 is 0 Å². The maximum absolute atomic E-state index is 13.2. The minimum Gasteiger partial charge on any atom is -0.458 e. The second-order valence-electron chi connectivity index (χ2n) is 20.1. The molecule has 65 heavy (non-hydrogen) atoms. The van der Waals surface area contributed by atoms with Crippen LogP contribution in [0.25, 0.3) is 0 Å². The van der Waals surface area contributed by atoms with Crippen molar-refractivity contribution >= 4 is 11.9 Å². The van der Waals surface area contributed by atoms with Gasteiger partial charge in [-0.05, 0) is 38.2 Å². The van der Waals surface area contributed by atoms with Crippen molar-refractivity contribution in [1.82, 2.24) is 5.32 Å². The number of aliphatic hydroxyl groups excluding tert-OH is 2. The molecule has 6 nitrogen and oxygen atoms in total. The van der Waals surface area contributed by atoms with Gasteiger partial charge in [0, 0.05) is 6.42 Å². The van der Waals surface area contributed by atoms with Crippen molar-refractivity contribution in [2.24, 2.45) is 0 Å². The Morgan fingerprint density at radius 3 is 1.20 bits per heavy atom. The van der Waals surface area contributed by atoms with E-state index >= 15 is 0 Å². The fourth-order valence-corrected chi connectivity index (χ4v) is 9.10. The van der Waals surface area contributed by atoms with E-state index < -0.39 is 18.2 Å². The number of ether oxygens (including phenoxy) is 1. The van der Waals surface area contributed by atoms with Crippen molar-refractivity contribution in [2.75, 3.05) is 6.61 Å². The second-order valence-corrected chi connectivity index (χ2v) is 20.1. The number of hydrogen-bond donors (Lipinski definition) is 3. The summed E-state index contributed by atoms with van der Waals surface area (Å²) in [6, 6.07) is -0.728. The SMILES string of the molecule is CCCCCCCC/C=C\C/C=C/C(CC(=O)NC(CO)C(O)CCCCCCCCCCCCCCCCCC)OC(=O)CCCCCCCCCCCCCCCCCCCCC. The summed E-state index contributed by atoms with van der Waals surface area (Å²) in [6.07, 6.45) is 62.9. The molecule has 0 saturated heterocycles. The van der Waals surface area contributed by atoms with Crippen molar-refractivity contribution in [3.05, 3.63) is 24.3 Å². The van der Waals surface area contributed by atoms with Crippen LogP contribution in [-0.2, 0) is 14.3 Å². The number of esters is 1. The van der Waals surface area contributed by atoms with Crippen LogP contribution in [0.4, 0.5) is 0 Å². The molecule has 0 aliphatic carbocycles. The van der Waals surface area contributed by atoms with Gasteiger partial charge in [-0.3, -0.25) is 9.59 Å². The molecule has 0 aliphatic heterocycles. The standard InChI is InChI=1S/C59H113NO5/c1-4-7-10-13-16-19-22-24-26-28-29-30-32-34-37-40-43-46-49-52-59(64)65-55(50-47-44-41-38-35-21-18-15-12-9-6-3)53-58(63)60-56(54-61)57(62)51-48-45-42-39-36-33-31-27-25-23-20-17-14-11-8-5-2/h38,41,47,50,55-57,61-62H,4-37,39-40,42-46,48-49,51-54H2,1-3H3,(H,60,63)/b41-38-,50-47+. The number of rotatable bonds is 53. The molecule has 384 valence electrons. The van der Waals surface area contributed by atoms with Crippen molar-refractivity contribution in [3.63, 3.8) is 0 Å². The van der Waals surface area contributed by atoms with Crippen LogP contribution in [0.1, 0.15) is 316 Å². The Bertz CT molecular complexity index is 1030. The van der Waals surface area contributed by atoms with Crippen LogP contribution < -0.4 is 5.32 Å². The first kappa shape index (κ1) is 63.3. The smallest absolute Gasteiger partial charge is 0.306 e. The Balaban J connectivity index is 4.46. The Morgan fingerprint density at radius 2 is 0.815 bits per heavy atom. The summed E-state index contributed by atoms with van der Waals surface area (Å²) in [6.45, 7) is 6.49. The van der Waals surface area contributed by atoms with Gasteiger partial charge in [0.25, 0.3) is 0 Å². The monoisotopic (exact) mass is 916 g/mol. The van der Waals surface area contributed by atoms with Crippen molar-refractivity contribution in [3.8, 4) is 0 Å². The number of carbonyl (C=O) groups excluding carboxylic acids is 2. The average Bonchev–Trinajstić information content (AvgIpc) is 3.30. The summed E-state index contributed by atoms with van der Waals surface area (Å²) < 4.78 is 5.85. The number of unbranched alkanes of at least 4 members (excludes halogenated alkanes) is 39. The molecular formula is C59H113NO5. The zero-order valence-corrected chi connectivity index (χ0v) is 43.9. The first-order valence-electron chi connectivity index (χ1n) is 29.1. The first-order chi connectivity index (χ1) is 32.0. The van der Waals surface area contributed by atoms with Crippen LogP contribution in [0, 0.1) is 0 Å². The highest BCUT2D eigenvalue weighted by Gasteiger charge is 2.23. The quantitative estimate of drug-likeness (QED) is 0.0321. The molecule has 0 rings (SSSR count). The largest absolute Gasteiger partial charge is 0.458 e. The number of nitrogens with one attached hydrogen (secondary N) is 1. The number of hydrogen-bond acceptors (Lipinski definition) is 5. The zero-order chi connectivity index (χ0) is 47.4. The summed E-state index contributed by atoms with van der Waals surface area (Å²) >= 11 is 0. The molecule has 6 heteroatoms. The first-order valence-corrected chi connectivity index (χ1v) is 29.1. The van der Waals surface area contributed by atoms with Gasteiger partial charge < -0.3 is 20.3 Å². The van der Waals surface area contributed by atoms with Gasteiger partial charge in [-0.15, -0.1) is 0 Å². The molecule has 0 spiro atoms. The number of amides is 1. The van der Waals surface area contributed by atoms with Gasteiger partial charge in [-0.25, -0.2) is 0 Å². The van der Waals surface area contributed by atoms with Crippen LogP contribution in [0.5, 0.6) is 0 Å². The predicted molar refractivity (Wildman–Crippen MR) is 283 cm³/mol. The molecule has 3 unspecified atom stereocenters. The molecule has 0 saturated carbocycles. The van der Waals surface area contributed by atoms with Crippen LogP contribution in [-0.4, -0.2) is 46.9 Å². The molecule has 0 heterocycles. The molecule has 0 aliphatic rings. The molecule has 0 radical (unpaired) electrons. The Labute approximate surface area is 405 Å². The lowest BCUT2D eigenvalue weighted by molar-refractivity contribution is -0.148. The number of allylic oxidation sites excluding steroid dienone is 3. The Morgan fingerprint density at radius 1 is 0.462 bits per heavy atom. The molecule has 0 aromatic carbocycles. The van der Waals surface area contributed by atoms with E-state index in [0.29, 0.717) is 12.8 Å². The fraction of sp³-hybridized carbons (Fsp3) is 0.898. The lowest BCUT2D eigenvalue weighted by Gasteiger charge is -2.23. The van der Waals surface area contributed by atoms with Crippen LogP contribution in [0.3, 0.4) is 0 Å². The topological polar surface area (TPSA) is 95.9 Å². The molecule has 3 N–H and O–H groups in total. The van der Waals surface area contributed by atoms with E-state index in [2.05, 4.69) is 38.2 Å².